The molecule has 248 valence electrons. The minimum absolute atomic E-state index is 0.0260. The van der Waals surface area contributed by atoms with Crippen molar-refractivity contribution in [3.05, 3.63) is 187 Å². The molecule has 0 aliphatic rings. The molecule has 0 radical (unpaired) electrons. The number of aromatic nitrogens is 1. The molecule has 5 heteroatoms. The number of nitrogens with two attached hydrogens (primary N) is 2. The largest absolute Gasteiger partial charge is 0.454 e. The van der Waals surface area contributed by atoms with Gasteiger partial charge >= 0.3 is 0 Å². The van der Waals surface area contributed by atoms with E-state index in [0.717, 1.165) is 49.7 Å². The lowest BCUT2D eigenvalue weighted by atomic mass is 9.90. The molecule has 0 atom stereocenters. The van der Waals surface area contributed by atoms with E-state index in [2.05, 4.69) is 84.7 Å². The van der Waals surface area contributed by atoms with Crippen molar-refractivity contribution in [2.45, 2.75) is 13.5 Å². The van der Waals surface area contributed by atoms with Crippen molar-refractivity contribution in [3.8, 4) is 22.3 Å². The van der Waals surface area contributed by atoms with Gasteiger partial charge in [0.15, 0.2) is 5.58 Å². The molecule has 9 rings (SSSR count). The smallest absolute Gasteiger partial charge is 0.161 e. The second-order valence-corrected chi connectivity index (χ2v) is 12.4. The van der Waals surface area contributed by atoms with Gasteiger partial charge < -0.3 is 15.9 Å². The first-order valence-electron chi connectivity index (χ1n) is 16.9. The van der Waals surface area contributed by atoms with Crippen LogP contribution in [-0.2, 0) is 6.54 Å². The number of nitrogens with one attached hydrogen (secondary N) is 1. The standard InChI is InChI=1S/C32H21N3O.C7H9N.C7H8/c33-32(34)22-16-20(24-13-14-35-30-27-11-5-6-12-29(27)36-31(24)30)15-21(17-22)28-18-19-7-1-2-8-23(19)25-9-3-4-10-26(25)28;8-6-7-4-2-1-3-5-7;1-7-5-3-2-4-6-7/h1-18H,(H3,33,34);1-5H,6,8H2;2-6H,1H3. The van der Waals surface area contributed by atoms with Gasteiger partial charge in [-0.15, -0.1) is 0 Å². The van der Waals surface area contributed by atoms with Crippen molar-refractivity contribution >= 4 is 49.4 Å². The highest BCUT2D eigenvalue weighted by Gasteiger charge is 2.16. The summed E-state index contributed by atoms with van der Waals surface area (Å²) in [6.45, 7) is 2.72. The van der Waals surface area contributed by atoms with E-state index in [9.17, 15) is 0 Å². The third-order valence-corrected chi connectivity index (χ3v) is 8.91. The Bertz CT molecular complexity index is 2610. The number of hydrogen-bond donors (Lipinski definition) is 3. The molecule has 5 nitrogen and oxygen atoms in total. The summed E-state index contributed by atoms with van der Waals surface area (Å²) in [6.07, 6.45) is 1.81. The number of hydrogen-bond acceptors (Lipinski definition) is 4. The lowest BCUT2D eigenvalue weighted by Gasteiger charge is -2.14. The van der Waals surface area contributed by atoms with Crippen LogP contribution in [0.2, 0.25) is 0 Å². The van der Waals surface area contributed by atoms with E-state index in [1.165, 1.54) is 27.3 Å². The molecule has 0 spiro atoms. The molecule has 2 heterocycles. The molecular weight excluding hydrogens is 625 g/mol. The van der Waals surface area contributed by atoms with Crippen molar-refractivity contribution in [1.29, 1.82) is 5.41 Å². The second-order valence-electron chi connectivity index (χ2n) is 12.4. The summed E-state index contributed by atoms with van der Waals surface area (Å²) < 4.78 is 6.26. The number of rotatable bonds is 4. The maximum absolute atomic E-state index is 8.24. The van der Waals surface area contributed by atoms with Gasteiger partial charge in [0, 0.05) is 29.3 Å². The fraction of sp³-hybridized carbons (Fsp3) is 0.0435. The van der Waals surface area contributed by atoms with E-state index >= 15 is 0 Å². The maximum atomic E-state index is 8.24. The predicted molar refractivity (Wildman–Crippen MR) is 214 cm³/mol. The summed E-state index contributed by atoms with van der Waals surface area (Å²) in [5, 5.41) is 14.0. The van der Waals surface area contributed by atoms with Gasteiger partial charge in [-0.25, -0.2) is 0 Å². The molecule has 0 fully saturated rings. The Hall–Kier alpha value is -6.56. The van der Waals surface area contributed by atoms with Crippen LogP contribution in [0.1, 0.15) is 16.7 Å². The van der Waals surface area contributed by atoms with E-state index in [0.29, 0.717) is 12.1 Å². The summed E-state index contributed by atoms with van der Waals surface area (Å²) in [7, 11) is 0. The van der Waals surface area contributed by atoms with E-state index in [1.54, 1.807) is 0 Å². The van der Waals surface area contributed by atoms with E-state index in [1.807, 2.05) is 97.2 Å². The van der Waals surface area contributed by atoms with Gasteiger partial charge in [0.2, 0.25) is 0 Å². The van der Waals surface area contributed by atoms with Crippen LogP contribution < -0.4 is 11.5 Å². The van der Waals surface area contributed by atoms with Crippen molar-refractivity contribution in [3.63, 3.8) is 0 Å². The van der Waals surface area contributed by atoms with Gasteiger partial charge in [-0.2, -0.15) is 0 Å². The normalized spacial score (nSPS) is 10.8. The Morgan fingerprint density at radius 1 is 0.608 bits per heavy atom. The molecule has 0 aliphatic carbocycles. The van der Waals surface area contributed by atoms with Crippen LogP contribution in [-0.4, -0.2) is 10.8 Å². The van der Waals surface area contributed by atoms with Crippen molar-refractivity contribution < 1.29 is 4.42 Å². The molecule has 0 saturated carbocycles. The molecule has 51 heavy (non-hydrogen) atoms. The molecule has 5 N–H and O–H groups in total. The van der Waals surface area contributed by atoms with Gasteiger partial charge in [-0.3, -0.25) is 10.4 Å². The lowest BCUT2D eigenvalue weighted by molar-refractivity contribution is 0.669. The van der Waals surface area contributed by atoms with Gasteiger partial charge in [-0.1, -0.05) is 127 Å². The molecule has 9 aromatic rings. The van der Waals surface area contributed by atoms with Crippen LogP contribution in [0.25, 0.3) is 65.9 Å². The highest BCUT2D eigenvalue weighted by atomic mass is 16.3. The van der Waals surface area contributed by atoms with Gasteiger partial charge in [0.25, 0.3) is 0 Å². The Kier molecular flexibility index (Phi) is 9.64. The monoisotopic (exact) mass is 662 g/mol. The molecular formula is C46H38N4O. The minimum atomic E-state index is 0.0260. The molecule has 0 amide bonds. The zero-order valence-corrected chi connectivity index (χ0v) is 28.4. The molecule has 0 unspecified atom stereocenters. The van der Waals surface area contributed by atoms with Crippen LogP contribution >= 0.6 is 0 Å². The summed E-state index contributed by atoms with van der Waals surface area (Å²) in [5.74, 6) is 0.0260. The predicted octanol–water partition coefficient (Wildman–Crippen LogP) is 11.0. The average molecular weight is 663 g/mol. The molecule has 2 aromatic heterocycles. The first-order valence-corrected chi connectivity index (χ1v) is 16.9. The third kappa shape index (κ3) is 7.11. The number of nitrogens with zero attached hydrogens (tertiary/aromatic N) is 1. The van der Waals surface area contributed by atoms with Crippen molar-refractivity contribution in [2.75, 3.05) is 0 Å². The maximum Gasteiger partial charge on any atom is 0.161 e. The molecule has 7 aromatic carbocycles. The number of benzene rings is 7. The van der Waals surface area contributed by atoms with E-state index in [-0.39, 0.29) is 5.84 Å². The van der Waals surface area contributed by atoms with Gasteiger partial charge in [0.1, 0.15) is 16.9 Å². The first kappa shape index (κ1) is 33.0. The lowest BCUT2D eigenvalue weighted by Crippen LogP contribution is -2.11. The summed E-state index contributed by atoms with van der Waals surface area (Å²) >= 11 is 0. The Labute approximate surface area is 297 Å². The van der Waals surface area contributed by atoms with Crippen LogP contribution in [0.4, 0.5) is 0 Å². The summed E-state index contributed by atoms with van der Waals surface area (Å²) in [6, 6.07) is 55.4. The summed E-state index contributed by atoms with van der Waals surface area (Å²) in [4.78, 5) is 4.61. The number of fused-ring (bicyclic) bond motifs is 6. The number of nitrogen functional groups attached to an aromatic ring is 1. The number of pyridine rings is 1. The highest BCUT2D eigenvalue weighted by Crippen LogP contribution is 2.39. The zero-order chi connectivity index (χ0) is 35.2. The average Bonchev–Trinajstić information content (AvgIpc) is 3.57. The number of amidine groups is 1. The van der Waals surface area contributed by atoms with Crippen molar-refractivity contribution in [2.24, 2.45) is 11.5 Å². The van der Waals surface area contributed by atoms with Gasteiger partial charge in [-0.05, 0) is 93.2 Å². The van der Waals surface area contributed by atoms with Crippen LogP contribution in [0.15, 0.2) is 174 Å². The number of furan rings is 1. The van der Waals surface area contributed by atoms with Gasteiger partial charge in [0.05, 0.1) is 0 Å². The van der Waals surface area contributed by atoms with E-state index in [4.69, 9.17) is 21.3 Å². The Morgan fingerprint density at radius 3 is 1.84 bits per heavy atom. The van der Waals surface area contributed by atoms with Crippen LogP contribution in [0.5, 0.6) is 0 Å². The molecule has 0 aliphatic heterocycles. The SMILES string of the molecule is Cc1ccccc1.N=C(N)c1cc(-c2cc3ccccc3c3ccccc23)cc(-c2ccnc3c2oc2ccccc23)c1.NCc1ccccc1. The Morgan fingerprint density at radius 2 is 1.20 bits per heavy atom. The van der Waals surface area contributed by atoms with E-state index < -0.39 is 0 Å². The first-order chi connectivity index (χ1) is 25.0. The molecule has 0 saturated heterocycles. The number of aryl methyl sites for hydroxylation is 1. The third-order valence-electron chi connectivity index (χ3n) is 8.91. The highest BCUT2D eigenvalue weighted by molar-refractivity contribution is 6.14. The topological polar surface area (TPSA) is 102 Å². The summed E-state index contributed by atoms with van der Waals surface area (Å²) in [5.41, 5.74) is 20.9. The second kappa shape index (κ2) is 14.9. The minimum Gasteiger partial charge on any atom is -0.454 e. The van der Waals surface area contributed by atoms with Crippen LogP contribution in [0.3, 0.4) is 0 Å². The van der Waals surface area contributed by atoms with Crippen LogP contribution in [0, 0.1) is 12.3 Å². The number of para-hydroxylation sites is 1. The Balaban J connectivity index is 0.000000224. The fourth-order valence-electron chi connectivity index (χ4n) is 6.37. The van der Waals surface area contributed by atoms with Crippen molar-refractivity contribution in [1.82, 2.24) is 4.98 Å². The zero-order valence-electron chi connectivity index (χ0n) is 28.4. The molecule has 0 bridgehead atoms. The quantitative estimate of drug-likeness (QED) is 0.0991. The fourth-order valence-corrected chi connectivity index (χ4v) is 6.37.